The Morgan fingerprint density at radius 2 is 2.17 bits per heavy atom. The molecule has 0 radical (unpaired) electrons. The van der Waals surface area contributed by atoms with Gasteiger partial charge < -0.3 is 15.2 Å². The van der Waals surface area contributed by atoms with Crippen molar-refractivity contribution < 1.29 is 14.6 Å². The second-order valence-electron chi connectivity index (χ2n) is 4.34. The molecule has 0 fully saturated rings. The highest BCUT2D eigenvalue weighted by molar-refractivity contribution is 6.32. The molecule has 0 saturated carbocycles. The Kier molecular flexibility index (Phi) is 5.44. The van der Waals surface area contributed by atoms with Crippen LogP contribution < -0.4 is 10.1 Å². The predicted molar refractivity (Wildman–Crippen MR) is 70.9 cm³/mol. The van der Waals surface area contributed by atoms with E-state index in [0.29, 0.717) is 17.2 Å². The molecule has 4 nitrogen and oxygen atoms in total. The van der Waals surface area contributed by atoms with Crippen molar-refractivity contribution in [2.45, 2.75) is 25.8 Å². The fraction of sp³-hybridized carbons (Fsp3) is 0.462. The van der Waals surface area contributed by atoms with E-state index in [9.17, 15) is 9.90 Å². The summed E-state index contributed by atoms with van der Waals surface area (Å²) < 4.78 is 5.31. The molecule has 18 heavy (non-hydrogen) atoms. The fourth-order valence-corrected chi connectivity index (χ4v) is 1.51. The summed E-state index contributed by atoms with van der Waals surface area (Å²) in [6.45, 7) is 3.44. The molecule has 1 aromatic rings. The van der Waals surface area contributed by atoms with E-state index in [2.05, 4.69) is 5.32 Å². The van der Waals surface area contributed by atoms with Crippen molar-refractivity contribution >= 4 is 17.5 Å². The smallest absolute Gasteiger partial charge is 0.258 e. The maximum absolute atomic E-state index is 11.7. The van der Waals surface area contributed by atoms with E-state index in [1.807, 2.05) is 6.92 Å². The summed E-state index contributed by atoms with van der Waals surface area (Å²) in [5, 5.41) is 12.4. The quantitative estimate of drug-likeness (QED) is 0.832. The van der Waals surface area contributed by atoms with Crippen molar-refractivity contribution in [2.24, 2.45) is 0 Å². The molecule has 0 heterocycles. The maximum atomic E-state index is 11.7. The third kappa shape index (κ3) is 4.20. The molecule has 0 aliphatic heterocycles. The Bertz CT molecular complexity index is 405. The van der Waals surface area contributed by atoms with Crippen LogP contribution >= 0.6 is 11.6 Å². The van der Waals surface area contributed by atoms with Gasteiger partial charge >= 0.3 is 0 Å². The number of benzene rings is 1. The van der Waals surface area contributed by atoms with E-state index in [0.717, 1.165) is 0 Å². The molecule has 1 amide bonds. The number of hydrogen-bond acceptors (Lipinski definition) is 3. The zero-order chi connectivity index (χ0) is 13.6. The number of nitrogens with one attached hydrogen (secondary N) is 1. The van der Waals surface area contributed by atoms with Crippen LogP contribution in [0.4, 0.5) is 0 Å². The molecule has 2 N–H and O–H groups in total. The molecule has 0 aliphatic rings. The van der Waals surface area contributed by atoms with Crippen molar-refractivity contribution in [3.63, 3.8) is 0 Å². The molecule has 0 aliphatic carbocycles. The summed E-state index contributed by atoms with van der Waals surface area (Å²) in [5.74, 6) is 0.185. The standard InChI is InChI=1S/C13H18ClNO3/c1-3-13(2,9-16)15-12(17)8-18-11-7-5-4-6-10(11)14/h4-7,16H,3,8-9H2,1-2H3,(H,15,17). The van der Waals surface area contributed by atoms with E-state index >= 15 is 0 Å². The summed E-state index contributed by atoms with van der Waals surface area (Å²) >= 11 is 5.90. The number of amides is 1. The second-order valence-corrected chi connectivity index (χ2v) is 4.75. The van der Waals surface area contributed by atoms with Gasteiger partial charge in [0.05, 0.1) is 17.2 Å². The fourth-order valence-electron chi connectivity index (χ4n) is 1.32. The first-order valence-electron chi connectivity index (χ1n) is 5.80. The number of halogens is 1. The van der Waals surface area contributed by atoms with Crippen LogP contribution in [0.3, 0.4) is 0 Å². The first kappa shape index (κ1) is 14.8. The Balaban J connectivity index is 2.50. The average molecular weight is 272 g/mol. The third-order valence-electron chi connectivity index (χ3n) is 2.77. The first-order chi connectivity index (χ1) is 8.50. The number of hydrogen-bond donors (Lipinski definition) is 2. The molecule has 0 saturated heterocycles. The zero-order valence-electron chi connectivity index (χ0n) is 10.6. The monoisotopic (exact) mass is 271 g/mol. The Morgan fingerprint density at radius 1 is 1.50 bits per heavy atom. The van der Waals surface area contributed by atoms with E-state index in [1.165, 1.54) is 0 Å². The molecule has 0 aromatic heterocycles. The van der Waals surface area contributed by atoms with Crippen LogP contribution in [0, 0.1) is 0 Å². The predicted octanol–water partition coefficient (Wildman–Crippen LogP) is 2.00. The zero-order valence-corrected chi connectivity index (χ0v) is 11.3. The first-order valence-corrected chi connectivity index (χ1v) is 6.18. The highest BCUT2D eigenvalue weighted by atomic mass is 35.5. The van der Waals surface area contributed by atoms with E-state index < -0.39 is 5.54 Å². The molecule has 1 aromatic carbocycles. The number of rotatable bonds is 6. The van der Waals surface area contributed by atoms with Gasteiger partial charge in [0, 0.05) is 0 Å². The lowest BCUT2D eigenvalue weighted by atomic mass is 10.0. The summed E-state index contributed by atoms with van der Waals surface area (Å²) in [4.78, 5) is 11.7. The van der Waals surface area contributed by atoms with E-state index in [-0.39, 0.29) is 19.1 Å². The van der Waals surface area contributed by atoms with Crippen LogP contribution in [0.2, 0.25) is 5.02 Å². The number of carbonyl (C=O) groups is 1. The highest BCUT2D eigenvalue weighted by Gasteiger charge is 2.23. The normalized spacial score (nSPS) is 13.8. The Morgan fingerprint density at radius 3 is 2.72 bits per heavy atom. The van der Waals surface area contributed by atoms with Crippen LogP contribution in [0.5, 0.6) is 5.75 Å². The summed E-state index contributed by atoms with van der Waals surface area (Å²) in [5.41, 5.74) is -0.610. The van der Waals surface area contributed by atoms with Gasteiger partial charge in [0.2, 0.25) is 0 Å². The topological polar surface area (TPSA) is 58.6 Å². The maximum Gasteiger partial charge on any atom is 0.258 e. The summed E-state index contributed by atoms with van der Waals surface area (Å²) in [7, 11) is 0. The SMILES string of the molecule is CCC(C)(CO)NC(=O)COc1ccccc1Cl. The molecule has 1 rings (SSSR count). The van der Waals surface area contributed by atoms with Gasteiger partial charge in [0.15, 0.2) is 6.61 Å². The second kappa shape index (κ2) is 6.61. The van der Waals surface area contributed by atoms with Gasteiger partial charge in [-0.3, -0.25) is 4.79 Å². The number of aliphatic hydroxyl groups excluding tert-OH is 1. The molecule has 1 unspecified atom stereocenters. The number of aliphatic hydroxyl groups is 1. The third-order valence-corrected chi connectivity index (χ3v) is 3.08. The number of carbonyl (C=O) groups excluding carboxylic acids is 1. The molecule has 100 valence electrons. The lowest BCUT2D eigenvalue weighted by Gasteiger charge is -2.27. The van der Waals surface area contributed by atoms with Gasteiger partial charge in [-0.05, 0) is 25.5 Å². The van der Waals surface area contributed by atoms with Crippen molar-refractivity contribution in [3.8, 4) is 5.75 Å². The molecular formula is C13H18ClNO3. The van der Waals surface area contributed by atoms with Gasteiger partial charge in [-0.2, -0.15) is 0 Å². The number of ether oxygens (including phenoxy) is 1. The Hall–Kier alpha value is -1.26. The minimum absolute atomic E-state index is 0.110. The van der Waals surface area contributed by atoms with Crippen molar-refractivity contribution in [1.29, 1.82) is 0 Å². The molecule has 0 spiro atoms. The molecule has 0 bridgehead atoms. The minimum Gasteiger partial charge on any atom is -0.482 e. The van der Waals surface area contributed by atoms with Crippen LogP contribution in [0.1, 0.15) is 20.3 Å². The average Bonchev–Trinajstić information content (AvgIpc) is 2.37. The summed E-state index contributed by atoms with van der Waals surface area (Å²) in [6, 6.07) is 6.96. The minimum atomic E-state index is -0.610. The molecule has 1 atom stereocenters. The highest BCUT2D eigenvalue weighted by Crippen LogP contribution is 2.22. The van der Waals surface area contributed by atoms with Crippen LogP contribution in [0.15, 0.2) is 24.3 Å². The molecular weight excluding hydrogens is 254 g/mol. The van der Waals surface area contributed by atoms with Gasteiger partial charge in [-0.25, -0.2) is 0 Å². The lowest BCUT2D eigenvalue weighted by molar-refractivity contribution is -0.125. The Labute approximate surface area is 112 Å². The van der Waals surface area contributed by atoms with Crippen molar-refractivity contribution in [1.82, 2.24) is 5.32 Å². The molecule has 5 heteroatoms. The van der Waals surface area contributed by atoms with Crippen LogP contribution in [0.25, 0.3) is 0 Å². The van der Waals surface area contributed by atoms with E-state index in [1.54, 1.807) is 31.2 Å². The van der Waals surface area contributed by atoms with Gasteiger partial charge in [-0.1, -0.05) is 30.7 Å². The van der Waals surface area contributed by atoms with Crippen LogP contribution in [-0.2, 0) is 4.79 Å². The van der Waals surface area contributed by atoms with Gasteiger partial charge in [0.1, 0.15) is 5.75 Å². The van der Waals surface area contributed by atoms with Crippen molar-refractivity contribution in [3.05, 3.63) is 29.3 Å². The number of para-hydroxylation sites is 1. The lowest BCUT2D eigenvalue weighted by Crippen LogP contribution is -2.49. The largest absolute Gasteiger partial charge is 0.482 e. The van der Waals surface area contributed by atoms with Crippen LogP contribution in [-0.4, -0.2) is 29.8 Å². The van der Waals surface area contributed by atoms with E-state index in [4.69, 9.17) is 16.3 Å². The summed E-state index contributed by atoms with van der Waals surface area (Å²) in [6.07, 6.45) is 0.640. The van der Waals surface area contributed by atoms with Crippen molar-refractivity contribution in [2.75, 3.05) is 13.2 Å². The van der Waals surface area contributed by atoms with Gasteiger partial charge in [-0.15, -0.1) is 0 Å². The van der Waals surface area contributed by atoms with Gasteiger partial charge in [0.25, 0.3) is 5.91 Å².